The zero-order valence-corrected chi connectivity index (χ0v) is 8.07. The fraction of sp³-hybridized carbons (Fsp3) is 0. The highest BCUT2D eigenvalue weighted by Crippen LogP contribution is 2.24. The van der Waals surface area contributed by atoms with E-state index in [0.29, 0.717) is 0 Å². The Morgan fingerprint density at radius 1 is 0.583 bits per heavy atom. The lowest BCUT2D eigenvalue weighted by Crippen LogP contribution is -1.83. The summed E-state index contributed by atoms with van der Waals surface area (Å²) in [5.74, 6) is 0. The van der Waals surface area contributed by atoms with Crippen LogP contribution in [0.25, 0.3) is 0 Å². The minimum absolute atomic E-state index is 1.29. The second-order valence-corrected chi connectivity index (χ2v) is 4.03. The van der Waals surface area contributed by atoms with E-state index in [2.05, 4.69) is 45.9 Å². The molecule has 0 bridgehead atoms. The van der Waals surface area contributed by atoms with E-state index in [9.17, 15) is 0 Å². The molecule has 0 aromatic heterocycles. The molecular weight excluding hydrogens is 184 g/mol. The lowest BCUT2D eigenvalue weighted by atomic mass is 10.1. The molecule has 2 aliphatic heterocycles. The van der Waals surface area contributed by atoms with Crippen molar-refractivity contribution in [3.63, 3.8) is 0 Å². The van der Waals surface area contributed by atoms with E-state index in [-0.39, 0.29) is 0 Å². The number of hydrogen-bond donors (Lipinski definition) is 0. The second kappa shape index (κ2) is 3.87. The van der Waals surface area contributed by atoms with Gasteiger partial charge in [-0.1, -0.05) is 0 Å². The van der Waals surface area contributed by atoms with Crippen LogP contribution in [0.1, 0.15) is 0 Å². The van der Waals surface area contributed by atoms with E-state index in [1.807, 2.05) is 0 Å². The van der Waals surface area contributed by atoms with E-state index in [4.69, 9.17) is 0 Å². The number of rotatable bonds is 0. The molecule has 0 aromatic carbocycles. The molecule has 0 fully saturated rings. The van der Waals surface area contributed by atoms with Crippen molar-refractivity contribution in [2.24, 2.45) is 0 Å². The molecule has 2 aliphatic rings. The lowest BCUT2D eigenvalue weighted by molar-refractivity contribution is 1.58. The van der Waals surface area contributed by atoms with Crippen molar-refractivity contribution in [1.82, 2.24) is 0 Å². The molecule has 0 radical (unpaired) electrons. The first-order valence-electron chi connectivity index (χ1n) is 3.68. The molecule has 2 heterocycles. The number of hydrogen-bond acceptors (Lipinski definition) is 2. The summed E-state index contributed by atoms with van der Waals surface area (Å²) >= 11 is 3.43. The highest BCUT2D eigenvalue weighted by Gasteiger charge is 1.99. The SMILES string of the molecule is C1=CC(=C2C=CSC=C2)C=CS1. The minimum atomic E-state index is 1.29. The third kappa shape index (κ3) is 1.76. The zero-order chi connectivity index (χ0) is 8.23. The molecule has 0 atom stereocenters. The van der Waals surface area contributed by atoms with Crippen LogP contribution in [-0.2, 0) is 0 Å². The minimum Gasteiger partial charge on any atom is -0.106 e. The third-order valence-electron chi connectivity index (χ3n) is 1.64. The average molecular weight is 192 g/mol. The largest absolute Gasteiger partial charge is 0.106 e. The van der Waals surface area contributed by atoms with Gasteiger partial charge in [-0.05, 0) is 57.1 Å². The van der Waals surface area contributed by atoms with Gasteiger partial charge in [0.25, 0.3) is 0 Å². The van der Waals surface area contributed by atoms with E-state index >= 15 is 0 Å². The van der Waals surface area contributed by atoms with Crippen LogP contribution in [0.15, 0.2) is 57.1 Å². The van der Waals surface area contributed by atoms with E-state index < -0.39 is 0 Å². The summed E-state index contributed by atoms with van der Waals surface area (Å²) in [6, 6.07) is 0. The first kappa shape index (κ1) is 8.02. The molecule has 0 N–H and O–H groups in total. The molecule has 0 spiro atoms. The number of thioether (sulfide) groups is 2. The lowest BCUT2D eigenvalue weighted by Gasteiger charge is -2.05. The van der Waals surface area contributed by atoms with Gasteiger partial charge in [0.1, 0.15) is 0 Å². The third-order valence-corrected chi connectivity index (χ3v) is 2.81. The molecule has 0 aliphatic carbocycles. The van der Waals surface area contributed by atoms with Gasteiger partial charge in [-0.2, -0.15) is 0 Å². The maximum Gasteiger partial charge on any atom is -0.0173 e. The Morgan fingerprint density at radius 3 is 1.25 bits per heavy atom. The van der Waals surface area contributed by atoms with Crippen LogP contribution in [0.4, 0.5) is 0 Å². The van der Waals surface area contributed by atoms with Crippen molar-refractivity contribution in [1.29, 1.82) is 0 Å². The zero-order valence-electron chi connectivity index (χ0n) is 6.44. The van der Waals surface area contributed by atoms with Gasteiger partial charge in [-0.3, -0.25) is 0 Å². The van der Waals surface area contributed by atoms with Crippen molar-refractivity contribution in [2.45, 2.75) is 0 Å². The fourth-order valence-electron chi connectivity index (χ4n) is 1.04. The van der Waals surface area contributed by atoms with Gasteiger partial charge in [-0.15, -0.1) is 23.5 Å². The quantitative estimate of drug-likeness (QED) is 0.572. The van der Waals surface area contributed by atoms with Crippen molar-refractivity contribution in [2.75, 3.05) is 0 Å². The first-order chi connectivity index (χ1) is 5.97. The van der Waals surface area contributed by atoms with Gasteiger partial charge in [0.2, 0.25) is 0 Å². The first-order valence-corrected chi connectivity index (χ1v) is 5.57. The Kier molecular flexibility index (Phi) is 2.59. The summed E-state index contributed by atoms with van der Waals surface area (Å²) in [4.78, 5) is 0. The highest BCUT2D eigenvalue weighted by molar-refractivity contribution is 8.05. The van der Waals surface area contributed by atoms with Crippen molar-refractivity contribution in [3.05, 3.63) is 57.1 Å². The molecular formula is C10H8S2. The summed E-state index contributed by atoms with van der Waals surface area (Å²) in [6.07, 6.45) is 8.57. The molecule has 0 unspecified atom stereocenters. The summed E-state index contributed by atoms with van der Waals surface area (Å²) < 4.78 is 0. The Hall–Kier alpha value is -0.600. The van der Waals surface area contributed by atoms with Crippen molar-refractivity contribution >= 4 is 23.5 Å². The van der Waals surface area contributed by atoms with Crippen LogP contribution in [0.2, 0.25) is 0 Å². The normalized spacial score (nSPS) is 20.7. The van der Waals surface area contributed by atoms with Gasteiger partial charge < -0.3 is 0 Å². The van der Waals surface area contributed by atoms with Gasteiger partial charge in [0, 0.05) is 0 Å². The van der Waals surface area contributed by atoms with Crippen LogP contribution in [-0.4, -0.2) is 0 Å². The van der Waals surface area contributed by atoms with Crippen molar-refractivity contribution < 1.29 is 0 Å². The number of allylic oxidation sites excluding steroid dienone is 6. The molecule has 0 aromatic rings. The maximum atomic E-state index is 2.14. The Morgan fingerprint density at radius 2 is 0.917 bits per heavy atom. The average Bonchev–Trinajstić information content (AvgIpc) is 2.21. The van der Waals surface area contributed by atoms with E-state index in [1.54, 1.807) is 23.5 Å². The molecule has 12 heavy (non-hydrogen) atoms. The Balaban J connectivity index is 2.34. The van der Waals surface area contributed by atoms with Gasteiger partial charge in [0.05, 0.1) is 0 Å². The van der Waals surface area contributed by atoms with Crippen LogP contribution in [0.3, 0.4) is 0 Å². The summed E-state index contributed by atoms with van der Waals surface area (Å²) in [5, 5.41) is 8.41. The van der Waals surface area contributed by atoms with Crippen molar-refractivity contribution in [3.8, 4) is 0 Å². The molecule has 0 nitrogen and oxygen atoms in total. The predicted octanol–water partition coefficient (Wildman–Crippen LogP) is 3.83. The fourth-order valence-corrected chi connectivity index (χ4v) is 2.12. The van der Waals surface area contributed by atoms with E-state index in [0.717, 1.165) is 0 Å². The van der Waals surface area contributed by atoms with Crippen LogP contribution >= 0.6 is 23.5 Å². The smallest absolute Gasteiger partial charge is 0.0173 e. The highest BCUT2D eigenvalue weighted by atomic mass is 32.2. The van der Waals surface area contributed by atoms with E-state index in [1.165, 1.54) is 11.1 Å². The molecule has 0 saturated carbocycles. The monoisotopic (exact) mass is 192 g/mol. The standard InChI is InChI=1S/C10H8S2/c1-5-11-6-2-9(1)10-3-7-12-8-4-10/h1-8H. The van der Waals surface area contributed by atoms with Crippen LogP contribution in [0.5, 0.6) is 0 Å². The van der Waals surface area contributed by atoms with Crippen LogP contribution < -0.4 is 0 Å². The topological polar surface area (TPSA) is 0 Å². The summed E-state index contributed by atoms with van der Waals surface area (Å²) in [6.45, 7) is 0. The molecule has 2 rings (SSSR count). The Labute approximate surface area is 80.8 Å². The molecule has 0 amide bonds. The molecule has 60 valence electrons. The Bertz CT molecular complexity index is 257. The molecule has 2 heteroatoms. The van der Waals surface area contributed by atoms with Crippen LogP contribution in [0, 0.1) is 0 Å². The maximum absolute atomic E-state index is 2.14. The van der Waals surface area contributed by atoms with Gasteiger partial charge in [0.15, 0.2) is 0 Å². The summed E-state index contributed by atoms with van der Waals surface area (Å²) in [5.41, 5.74) is 2.59. The van der Waals surface area contributed by atoms with Gasteiger partial charge >= 0.3 is 0 Å². The van der Waals surface area contributed by atoms with Gasteiger partial charge in [-0.25, -0.2) is 0 Å². The molecule has 0 saturated heterocycles. The summed E-state index contributed by atoms with van der Waals surface area (Å²) in [7, 11) is 0. The predicted molar refractivity (Wildman–Crippen MR) is 58.8 cm³/mol. The second-order valence-electron chi connectivity index (χ2n) is 2.39.